The van der Waals surface area contributed by atoms with Gasteiger partial charge in [-0.1, -0.05) is 13.3 Å². The first-order valence-electron chi connectivity index (χ1n) is 7.72. The normalized spacial score (nSPS) is 28.1. The molecule has 1 heterocycles. The number of nitrogens with zero attached hydrogens (tertiary/aromatic N) is 1. The molecule has 0 aromatic rings. The Morgan fingerprint density at radius 1 is 1.39 bits per heavy atom. The number of amides is 1. The fourth-order valence-corrected chi connectivity index (χ4v) is 3.25. The van der Waals surface area contributed by atoms with Crippen LogP contribution in [0.3, 0.4) is 0 Å². The topological polar surface area (TPSA) is 32.3 Å². The Morgan fingerprint density at radius 3 is 2.67 bits per heavy atom. The van der Waals surface area contributed by atoms with E-state index >= 15 is 0 Å². The number of carbonyl (C=O) groups is 1. The fourth-order valence-electron chi connectivity index (χ4n) is 3.25. The zero-order valence-electron chi connectivity index (χ0n) is 12.0. The Bertz CT molecular complexity index is 275. The van der Waals surface area contributed by atoms with Gasteiger partial charge in [-0.2, -0.15) is 0 Å². The zero-order chi connectivity index (χ0) is 13.0. The third kappa shape index (κ3) is 3.05. The van der Waals surface area contributed by atoms with Gasteiger partial charge >= 0.3 is 0 Å². The molecule has 0 radical (unpaired) electrons. The summed E-state index contributed by atoms with van der Waals surface area (Å²) in [6.07, 6.45) is 7.01. The molecule has 104 valence electrons. The van der Waals surface area contributed by atoms with Crippen molar-refractivity contribution in [2.24, 2.45) is 11.3 Å². The Morgan fingerprint density at radius 2 is 2.17 bits per heavy atom. The molecule has 1 saturated carbocycles. The average Bonchev–Trinajstić information content (AvgIpc) is 3.20. The molecule has 2 fully saturated rings. The molecule has 0 bridgehead atoms. The molecule has 0 spiro atoms. The van der Waals surface area contributed by atoms with Crippen molar-refractivity contribution in [1.82, 2.24) is 10.2 Å². The second-order valence-corrected chi connectivity index (χ2v) is 6.10. The SMILES string of the molecule is CCCC1(C(=O)N(CC)CC2CC2)CCCNC1. The Balaban J connectivity index is 2.04. The number of rotatable bonds is 6. The molecular weight excluding hydrogens is 224 g/mol. The van der Waals surface area contributed by atoms with Crippen molar-refractivity contribution < 1.29 is 4.79 Å². The minimum absolute atomic E-state index is 0.0993. The second kappa shape index (κ2) is 6.05. The van der Waals surface area contributed by atoms with Gasteiger partial charge in [-0.3, -0.25) is 4.79 Å². The quantitative estimate of drug-likeness (QED) is 0.787. The van der Waals surface area contributed by atoms with Crippen LogP contribution in [0.2, 0.25) is 0 Å². The number of hydrogen-bond donors (Lipinski definition) is 1. The summed E-state index contributed by atoms with van der Waals surface area (Å²) < 4.78 is 0. The van der Waals surface area contributed by atoms with Crippen molar-refractivity contribution in [3.63, 3.8) is 0 Å². The molecule has 0 aromatic heterocycles. The van der Waals surface area contributed by atoms with E-state index < -0.39 is 0 Å². The highest BCUT2D eigenvalue weighted by molar-refractivity contribution is 5.83. The van der Waals surface area contributed by atoms with Gasteiger partial charge in [0.25, 0.3) is 0 Å². The highest BCUT2D eigenvalue weighted by atomic mass is 16.2. The highest BCUT2D eigenvalue weighted by Gasteiger charge is 2.41. The molecule has 0 aromatic carbocycles. The monoisotopic (exact) mass is 252 g/mol. The van der Waals surface area contributed by atoms with E-state index in [-0.39, 0.29) is 5.41 Å². The lowest BCUT2D eigenvalue weighted by molar-refractivity contribution is -0.144. The predicted octanol–water partition coefficient (Wildman–Crippen LogP) is 2.41. The number of nitrogens with one attached hydrogen (secondary N) is 1. The standard InChI is InChI=1S/C15H28N2O/c1-3-8-15(9-5-10-16-12-15)14(18)17(4-2)11-13-6-7-13/h13,16H,3-12H2,1-2H3. The maximum atomic E-state index is 12.9. The lowest BCUT2D eigenvalue weighted by Gasteiger charge is -2.40. The summed E-state index contributed by atoms with van der Waals surface area (Å²) in [4.78, 5) is 15.0. The summed E-state index contributed by atoms with van der Waals surface area (Å²) >= 11 is 0. The number of carbonyl (C=O) groups excluding carboxylic acids is 1. The molecule has 18 heavy (non-hydrogen) atoms. The molecule has 1 aliphatic carbocycles. The van der Waals surface area contributed by atoms with Crippen LogP contribution in [-0.4, -0.2) is 37.0 Å². The van der Waals surface area contributed by atoms with Crippen LogP contribution >= 0.6 is 0 Å². The van der Waals surface area contributed by atoms with Gasteiger partial charge in [0, 0.05) is 19.6 Å². The van der Waals surface area contributed by atoms with Crippen LogP contribution in [0.25, 0.3) is 0 Å². The van der Waals surface area contributed by atoms with E-state index in [2.05, 4.69) is 24.1 Å². The molecule has 1 amide bonds. The lowest BCUT2D eigenvalue weighted by Crippen LogP contribution is -2.52. The molecular formula is C15H28N2O. The Kier molecular flexibility index (Phi) is 4.66. The summed E-state index contributed by atoms with van der Waals surface area (Å²) in [6.45, 7) is 8.16. The second-order valence-electron chi connectivity index (χ2n) is 6.10. The molecule has 1 saturated heterocycles. The molecule has 1 aliphatic heterocycles. The van der Waals surface area contributed by atoms with E-state index in [0.717, 1.165) is 57.8 Å². The maximum absolute atomic E-state index is 12.9. The van der Waals surface area contributed by atoms with Crippen LogP contribution in [-0.2, 0) is 4.79 Å². The summed E-state index contributed by atoms with van der Waals surface area (Å²) in [5.74, 6) is 1.22. The van der Waals surface area contributed by atoms with E-state index in [4.69, 9.17) is 0 Å². The average molecular weight is 252 g/mol. The molecule has 2 aliphatic rings. The smallest absolute Gasteiger partial charge is 0.230 e. The third-order valence-corrected chi connectivity index (χ3v) is 4.50. The first-order chi connectivity index (χ1) is 8.72. The van der Waals surface area contributed by atoms with Crippen molar-refractivity contribution in [1.29, 1.82) is 0 Å². The van der Waals surface area contributed by atoms with Crippen LogP contribution in [0.5, 0.6) is 0 Å². The molecule has 1 unspecified atom stereocenters. The van der Waals surface area contributed by atoms with Crippen molar-refractivity contribution in [3.8, 4) is 0 Å². The minimum Gasteiger partial charge on any atom is -0.342 e. The van der Waals surface area contributed by atoms with Gasteiger partial charge in [-0.15, -0.1) is 0 Å². The molecule has 3 heteroatoms. The third-order valence-electron chi connectivity index (χ3n) is 4.50. The van der Waals surface area contributed by atoms with Crippen molar-refractivity contribution in [2.75, 3.05) is 26.2 Å². The van der Waals surface area contributed by atoms with Crippen molar-refractivity contribution in [3.05, 3.63) is 0 Å². The van der Waals surface area contributed by atoms with Gasteiger partial charge in [0.1, 0.15) is 0 Å². The molecule has 3 nitrogen and oxygen atoms in total. The van der Waals surface area contributed by atoms with Gasteiger partial charge in [0.05, 0.1) is 5.41 Å². The van der Waals surface area contributed by atoms with E-state index in [9.17, 15) is 4.79 Å². The summed E-state index contributed by atoms with van der Waals surface area (Å²) in [7, 11) is 0. The van der Waals surface area contributed by atoms with Gasteiger partial charge in [-0.25, -0.2) is 0 Å². The number of piperidine rings is 1. The van der Waals surface area contributed by atoms with Crippen LogP contribution in [0.1, 0.15) is 52.4 Å². The predicted molar refractivity (Wildman–Crippen MR) is 74.4 cm³/mol. The fraction of sp³-hybridized carbons (Fsp3) is 0.933. The van der Waals surface area contributed by atoms with Crippen LogP contribution in [0, 0.1) is 11.3 Å². The Labute approximate surface area is 111 Å². The van der Waals surface area contributed by atoms with Crippen LogP contribution in [0.15, 0.2) is 0 Å². The zero-order valence-corrected chi connectivity index (χ0v) is 12.0. The largest absolute Gasteiger partial charge is 0.342 e. The van der Waals surface area contributed by atoms with Crippen LogP contribution in [0.4, 0.5) is 0 Å². The van der Waals surface area contributed by atoms with Gasteiger partial charge in [0.15, 0.2) is 0 Å². The van der Waals surface area contributed by atoms with E-state index in [0.29, 0.717) is 5.91 Å². The first kappa shape index (κ1) is 13.9. The summed E-state index contributed by atoms with van der Waals surface area (Å²) in [5, 5.41) is 3.44. The van der Waals surface area contributed by atoms with E-state index in [1.54, 1.807) is 0 Å². The van der Waals surface area contributed by atoms with E-state index in [1.165, 1.54) is 12.8 Å². The van der Waals surface area contributed by atoms with Gasteiger partial charge in [0.2, 0.25) is 5.91 Å². The van der Waals surface area contributed by atoms with Crippen molar-refractivity contribution >= 4 is 5.91 Å². The Hall–Kier alpha value is -0.570. The van der Waals surface area contributed by atoms with E-state index in [1.807, 2.05) is 0 Å². The highest BCUT2D eigenvalue weighted by Crippen LogP contribution is 2.36. The van der Waals surface area contributed by atoms with Gasteiger partial charge in [-0.05, 0) is 51.5 Å². The molecule has 2 rings (SSSR count). The molecule has 1 N–H and O–H groups in total. The number of hydrogen-bond acceptors (Lipinski definition) is 2. The first-order valence-corrected chi connectivity index (χ1v) is 7.72. The maximum Gasteiger partial charge on any atom is 0.230 e. The minimum atomic E-state index is -0.0993. The lowest BCUT2D eigenvalue weighted by atomic mass is 9.75. The molecule has 1 atom stereocenters. The van der Waals surface area contributed by atoms with Gasteiger partial charge < -0.3 is 10.2 Å². The van der Waals surface area contributed by atoms with Crippen molar-refractivity contribution in [2.45, 2.75) is 52.4 Å². The summed E-state index contributed by atoms with van der Waals surface area (Å²) in [5.41, 5.74) is -0.0993. The summed E-state index contributed by atoms with van der Waals surface area (Å²) in [6, 6.07) is 0. The van der Waals surface area contributed by atoms with Crippen LogP contribution < -0.4 is 5.32 Å².